The highest BCUT2D eigenvalue weighted by Crippen LogP contribution is 2.22. The predicted molar refractivity (Wildman–Crippen MR) is 113 cm³/mol. The number of hydrogen-bond donors (Lipinski definition) is 1. The molecule has 2 heterocycles. The molecule has 1 N–H and O–H groups in total. The van der Waals surface area contributed by atoms with Crippen LogP contribution in [0.1, 0.15) is 25.1 Å². The number of amides is 1. The summed E-state index contributed by atoms with van der Waals surface area (Å²) in [4.78, 5) is 30.0. The molecule has 1 amide bonds. The monoisotopic (exact) mass is 419 g/mol. The third-order valence-corrected chi connectivity index (χ3v) is 5.62. The molecule has 0 aliphatic rings. The highest BCUT2D eigenvalue weighted by Gasteiger charge is 2.18. The Morgan fingerprint density at radius 2 is 2.00 bits per heavy atom. The van der Waals surface area contributed by atoms with Crippen molar-refractivity contribution in [1.82, 2.24) is 19.3 Å². The zero-order valence-corrected chi connectivity index (χ0v) is 17.8. The molecular weight excluding hydrogens is 398 g/mol. The lowest BCUT2D eigenvalue weighted by molar-refractivity contribution is -0.113. The van der Waals surface area contributed by atoms with Gasteiger partial charge in [-0.25, -0.2) is 4.98 Å². The quantitative estimate of drug-likeness (QED) is 0.487. The van der Waals surface area contributed by atoms with E-state index in [1.165, 1.54) is 11.8 Å². The molecule has 3 aromatic rings. The van der Waals surface area contributed by atoms with Crippen molar-refractivity contribution in [1.29, 1.82) is 0 Å². The molecule has 1 aromatic carbocycles. The number of thioether (sulfide) groups is 1. The second-order valence-electron chi connectivity index (χ2n) is 6.34. The van der Waals surface area contributed by atoms with E-state index in [1.54, 1.807) is 21.4 Å². The fraction of sp³-hybridized carbons (Fsp3) is 0.368. The van der Waals surface area contributed by atoms with E-state index in [1.807, 2.05) is 33.8 Å². The van der Waals surface area contributed by atoms with Crippen LogP contribution in [0.5, 0.6) is 0 Å². The van der Waals surface area contributed by atoms with Gasteiger partial charge >= 0.3 is 0 Å². The van der Waals surface area contributed by atoms with E-state index in [0.29, 0.717) is 45.7 Å². The van der Waals surface area contributed by atoms with Crippen LogP contribution >= 0.6 is 23.4 Å². The van der Waals surface area contributed by atoms with Gasteiger partial charge in [0.1, 0.15) is 5.52 Å². The van der Waals surface area contributed by atoms with Gasteiger partial charge in [0, 0.05) is 23.8 Å². The van der Waals surface area contributed by atoms with E-state index in [2.05, 4.69) is 15.4 Å². The Balaban J connectivity index is 1.86. The summed E-state index contributed by atoms with van der Waals surface area (Å²) >= 11 is 7.24. The summed E-state index contributed by atoms with van der Waals surface area (Å²) in [5.74, 6) is -0.0569. The molecule has 2 aromatic heterocycles. The first-order valence-electron chi connectivity index (χ1n) is 9.02. The molecule has 0 saturated carbocycles. The molecule has 0 aliphatic carbocycles. The predicted octanol–water partition coefficient (Wildman–Crippen LogP) is 3.63. The molecular formula is C19H22ClN5O2S. The first-order valence-corrected chi connectivity index (χ1v) is 10.4. The number of nitrogens with one attached hydrogen (secondary N) is 1. The maximum absolute atomic E-state index is 12.9. The van der Waals surface area contributed by atoms with E-state index in [0.717, 1.165) is 5.56 Å². The van der Waals surface area contributed by atoms with Gasteiger partial charge in [-0.15, -0.1) is 0 Å². The van der Waals surface area contributed by atoms with Gasteiger partial charge in [0.15, 0.2) is 10.7 Å². The molecule has 3 rings (SSSR count). The summed E-state index contributed by atoms with van der Waals surface area (Å²) < 4.78 is 3.26. The van der Waals surface area contributed by atoms with Gasteiger partial charge in [-0.05, 0) is 45.4 Å². The summed E-state index contributed by atoms with van der Waals surface area (Å²) in [6.07, 6.45) is 0. The Morgan fingerprint density at radius 1 is 1.25 bits per heavy atom. The zero-order chi connectivity index (χ0) is 20.4. The number of benzene rings is 1. The average Bonchev–Trinajstić information content (AvgIpc) is 2.99. The number of carbonyl (C=O) groups excluding carboxylic acids is 1. The van der Waals surface area contributed by atoms with Crippen molar-refractivity contribution in [3.8, 4) is 0 Å². The number of rotatable bonds is 6. The van der Waals surface area contributed by atoms with Crippen LogP contribution in [0.2, 0.25) is 5.02 Å². The first kappa shape index (κ1) is 20.4. The van der Waals surface area contributed by atoms with Crippen molar-refractivity contribution in [2.45, 2.75) is 45.9 Å². The topological polar surface area (TPSA) is 81.8 Å². The minimum absolute atomic E-state index is 0.130. The van der Waals surface area contributed by atoms with Crippen LogP contribution < -0.4 is 10.9 Å². The van der Waals surface area contributed by atoms with Gasteiger partial charge in [-0.2, -0.15) is 5.10 Å². The van der Waals surface area contributed by atoms with Gasteiger partial charge in [0.25, 0.3) is 5.56 Å². The molecule has 0 bridgehead atoms. The summed E-state index contributed by atoms with van der Waals surface area (Å²) in [6, 6.07) is 5.34. The summed E-state index contributed by atoms with van der Waals surface area (Å²) in [7, 11) is 0. The van der Waals surface area contributed by atoms with Crippen molar-refractivity contribution >= 4 is 46.0 Å². The third kappa shape index (κ3) is 3.93. The fourth-order valence-corrected chi connectivity index (χ4v) is 3.98. The molecule has 0 fully saturated rings. The van der Waals surface area contributed by atoms with E-state index in [9.17, 15) is 9.59 Å². The minimum Gasteiger partial charge on any atom is -0.325 e. The molecule has 0 aliphatic heterocycles. The van der Waals surface area contributed by atoms with Crippen molar-refractivity contribution in [2.24, 2.45) is 0 Å². The normalized spacial score (nSPS) is 11.2. The van der Waals surface area contributed by atoms with Crippen LogP contribution in [0.25, 0.3) is 11.0 Å². The highest BCUT2D eigenvalue weighted by molar-refractivity contribution is 7.99. The van der Waals surface area contributed by atoms with E-state index in [4.69, 9.17) is 11.6 Å². The standard InChI is InChI=1S/C19H22ClN5O2S/c1-5-24-18(27)17-16(12(4)23-25(17)6-2)22-19(24)28-10-15(26)21-14-9-13(20)8-7-11(14)3/h7-9H,5-6,10H2,1-4H3,(H,21,26). The smallest absolute Gasteiger partial charge is 0.280 e. The molecule has 148 valence electrons. The number of aryl methyl sites for hydroxylation is 3. The number of hydrogen-bond acceptors (Lipinski definition) is 5. The second kappa shape index (κ2) is 8.36. The fourth-order valence-electron chi connectivity index (χ4n) is 2.95. The van der Waals surface area contributed by atoms with Gasteiger partial charge in [0.2, 0.25) is 5.91 Å². The van der Waals surface area contributed by atoms with Crippen LogP contribution in [0.3, 0.4) is 0 Å². The number of anilines is 1. The number of carbonyl (C=O) groups is 1. The Bertz CT molecular complexity index is 1110. The SMILES string of the molecule is CCn1c(SCC(=O)Nc2cc(Cl)ccc2C)nc2c(C)nn(CC)c2c1=O. The molecule has 28 heavy (non-hydrogen) atoms. The van der Waals surface area contributed by atoms with Crippen molar-refractivity contribution in [3.63, 3.8) is 0 Å². The lowest BCUT2D eigenvalue weighted by Crippen LogP contribution is -2.25. The number of fused-ring (bicyclic) bond motifs is 1. The molecule has 0 atom stereocenters. The molecule has 0 radical (unpaired) electrons. The van der Waals surface area contributed by atoms with Crippen molar-refractivity contribution in [3.05, 3.63) is 44.8 Å². The average molecular weight is 420 g/mol. The van der Waals surface area contributed by atoms with Crippen molar-refractivity contribution in [2.75, 3.05) is 11.1 Å². The van der Waals surface area contributed by atoms with Crippen LogP contribution in [0.15, 0.2) is 28.2 Å². The molecule has 0 unspecified atom stereocenters. The molecule has 7 nitrogen and oxygen atoms in total. The Morgan fingerprint density at radius 3 is 2.68 bits per heavy atom. The maximum atomic E-state index is 12.9. The Kier molecular flexibility index (Phi) is 6.10. The van der Waals surface area contributed by atoms with Gasteiger partial charge < -0.3 is 5.32 Å². The second-order valence-corrected chi connectivity index (χ2v) is 7.72. The zero-order valence-electron chi connectivity index (χ0n) is 16.2. The van der Waals surface area contributed by atoms with Gasteiger partial charge in [-0.3, -0.25) is 18.8 Å². The lowest BCUT2D eigenvalue weighted by Gasteiger charge is -2.11. The van der Waals surface area contributed by atoms with Gasteiger partial charge in [0.05, 0.1) is 11.4 Å². The number of nitrogens with zero attached hydrogens (tertiary/aromatic N) is 4. The van der Waals surface area contributed by atoms with Crippen molar-refractivity contribution < 1.29 is 4.79 Å². The summed E-state index contributed by atoms with van der Waals surface area (Å²) in [6.45, 7) is 8.62. The number of aromatic nitrogens is 4. The summed E-state index contributed by atoms with van der Waals surface area (Å²) in [5.41, 5.74) is 3.27. The first-order chi connectivity index (χ1) is 13.3. The van der Waals surface area contributed by atoms with E-state index >= 15 is 0 Å². The Hall–Kier alpha value is -2.32. The largest absolute Gasteiger partial charge is 0.325 e. The van der Waals surface area contributed by atoms with Crippen LogP contribution in [-0.2, 0) is 17.9 Å². The van der Waals surface area contributed by atoms with Gasteiger partial charge in [-0.1, -0.05) is 29.4 Å². The highest BCUT2D eigenvalue weighted by atomic mass is 35.5. The van der Waals surface area contributed by atoms with E-state index < -0.39 is 0 Å². The lowest BCUT2D eigenvalue weighted by atomic mass is 10.2. The molecule has 0 saturated heterocycles. The third-order valence-electron chi connectivity index (χ3n) is 4.40. The minimum atomic E-state index is -0.187. The Labute approximate surface area is 172 Å². The summed E-state index contributed by atoms with van der Waals surface area (Å²) in [5, 5.41) is 8.32. The van der Waals surface area contributed by atoms with Crippen LogP contribution in [0.4, 0.5) is 5.69 Å². The van der Waals surface area contributed by atoms with Crippen LogP contribution in [-0.4, -0.2) is 31.0 Å². The molecule has 9 heteroatoms. The van der Waals surface area contributed by atoms with E-state index in [-0.39, 0.29) is 17.2 Å². The molecule has 0 spiro atoms. The number of halogens is 1. The van der Waals surface area contributed by atoms with Crippen LogP contribution in [0, 0.1) is 13.8 Å². The maximum Gasteiger partial charge on any atom is 0.280 e.